The molecular weight excluding hydrogens is 324 g/mol. The molecule has 2 aromatic rings. The zero-order chi connectivity index (χ0) is 13.8. The van der Waals surface area contributed by atoms with E-state index in [4.69, 9.17) is 9.47 Å². The van der Waals surface area contributed by atoms with Gasteiger partial charge in [-0.1, -0.05) is 21.1 Å². The Hall–Kier alpha value is -1.60. The number of fused-ring (bicyclic) bond motifs is 1. The molecule has 0 spiro atoms. The summed E-state index contributed by atoms with van der Waals surface area (Å²) in [6, 6.07) is 3.96. The van der Waals surface area contributed by atoms with Crippen LogP contribution in [0.4, 0.5) is 0 Å². The fraction of sp³-hybridized carbons (Fsp3) is 0.385. The molecule has 20 heavy (non-hydrogen) atoms. The quantitative estimate of drug-likeness (QED) is 0.815. The van der Waals surface area contributed by atoms with Gasteiger partial charge in [0.25, 0.3) is 0 Å². The summed E-state index contributed by atoms with van der Waals surface area (Å²) >= 11 is 3.55. The van der Waals surface area contributed by atoms with Crippen molar-refractivity contribution in [2.24, 2.45) is 0 Å². The van der Waals surface area contributed by atoms with Gasteiger partial charge in [0.2, 0.25) is 6.79 Å². The van der Waals surface area contributed by atoms with Gasteiger partial charge in [-0.3, -0.25) is 4.68 Å². The minimum Gasteiger partial charge on any atom is -0.454 e. The minimum absolute atomic E-state index is 0.302. The van der Waals surface area contributed by atoms with Crippen molar-refractivity contribution >= 4 is 15.9 Å². The first-order valence-electron chi connectivity index (χ1n) is 6.46. The van der Waals surface area contributed by atoms with Gasteiger partial charge in [0.15, 0.2) is 11.5 Å². The van der Waals surface area contributed by atoms with Crippen LogP contribution in [-0.4, -0.2) is 28.3 Å². The highest BCUT2D eigenvalue weighted by Gasteiger charge is 2.15. The first kappa shape index (κ1) is 13.4. The predicted molar refractivity (Wildman–Crippen MR) is 76.6 cm³/mol. The first-order valence-corrected chi connectivity index (χ1v) is 7.25. The number of halogens is 1. The maximum absolute atomic E-state index is 5.38. The van der Waals surface area contributed by atoms with Crippen LogP contribution in [0.15, 0.2) is 29.0 Å². The number of benzene rings is 1. The second kappa shape index (κ2) is 6.23. The molecule has 7 heteroatoms. The second-order valence-electron chi connectivity index (χ2n) is 4.49. The van der Waals surface area contributed by atoms with Gasteiger partial charge in [-0.25, -0.2) is 0 Å². The average Bonchev–Trinajstić information content (AvgIpc) is 3.09. The third-order valence-electron chi connectivity index (χ3n) is 3.07. The summed E-state index contributed by atoms with van der Waals surface area (Å²) in [4.78, 5) is 0. The Morgan fingerprint density at radius 3 is 2.95 bits per heavy atom. The van der Waals surface area contributed by atoms with Crippen molar-refractivity contribution in [3.63, 3.8) is 0 Å². The number of aryl methyl sites for hydroxylation is 1. The Morgan fingerprint density at radius 1 is 1.30 bits per heavy atom. The number of nitrogens with zero attached hydrogens (tertiary/aromatic N) is 3. The normalized spacial score (nSPS) is 12.8. The first-order chi connectivity index (χ1) is 9.83. The molecule has 0 saturated heterocycles. The smallest absolute Gasteiger partial charge is 0.231 e. The lowest BCUT2D eigenvalue weighted by Crippen LogP contribution is -2.17. The van der Waals surface area contributed by atoms with Crippen molar-refractivity contribution in [2.45, 2.75) is 19.5 Å². The van der Waals surface area contributed by atoms with Gasteiger partial charge in [0.05, 0.1) is 6.20 Å². The molecule has 0 fully saturated rings. The van der Waals surface area contributed by atoms with Crippen molar-refractivity contribution in [3.8, 4) is 11.5 Å². The molecule has 1 aliphatic rings. The zero-order valence-electron chi connectivity index (χ0n) is 10.9. The second-order valence-corrected chi connectivity index (χ2v) is 5.35. The van der Waals surface area contributed by atoms with Gasteiger partial charge in [0.1, 0.15) is 0 Å². The van der Waals surface area contributed by atoms with E-state index < -0.39 is 0 Å². The summed E-state index contributed by atoms with van der Waals surface area (Å²) < 4.78 is 13.6. The SMILES string of the molecule is Brc1cc2c(cc1CNCCCn1ccnn1)OCO2. The summed E-state index contributed by atoms with van der Waals surface area (Å²) in [5.74, 6) is 1.61. The van der Waals surface area contributed by atoms with Crippen LogP contribution in [-0.2, 0) is 13.1 Å². The Morgan fingerprint density at radius 2 is 2.15 bits per heavy atom. The van der Waals surface area contributed by atoms with E-state index in [-0.39, 0.29) is 0 Å². The molecule has 0 unspecified atom stereocenters. The van der Waals surface area contributed by atoms with Gasteiger partial charge in [0, 0.05) is 23.8 Å². The standard InChI is InChI=1S/C13H15BrN4O2/c14-11-7-13-12(19-9-20-13)6-10(11)8-15-2-1-4-18-5-3-16-17-18/h3,5-7,15H,1-2,4,8-9H2. The average molecular weight is 339 g/mol. The van der Waals surface area contributed by atoms with Crippen LogP contribution in [0.5, 0.6) is 11.5 Å². The summed E-state index contributed by atoms with van der Waals surface area (Å²) in [5, 5.41) is 11.1. The van der Waals surface area contributed by atoms with E-state index in [1.54, 1.807) is 6.20 Å². The van der Waals surface area contributed by atoms with Crippen molar-refractivity contribution in [2.75, 3.05) is 13.3 Å². The summed E-state index contributed by atoms with van der Waals surface area (Å²) in [5.41, 5.74) is 1.16. The van der Waals surface area contributed by atoms with E-state index in [1.807, 2.05) is 23.0 Å². The molecule has 6 nitrogen and oxygen atoms in total. The topological polar surface area (TPSA) is 61.2 Å². The van der Waals surface area contributed by atoms with Gasteiger partial charge in [-0.2, -0.15) is 0 Å². The molecule has 0 radical (unpaired) electrons. The fourth-order valence-corrected chi connectivity index (χ4v) is 2.50. The minimum atomic E-state index is 0.302. The van der Waals surface area contributed by atoms with Crippen LogP contribution in [0.3, 0.4) is 0 Å². The third-order valence-corrected chi connectivity index (χ3v) is 3.81. The van der Waals surface area contributed by atoms with Crippen LogP contribution in [0.1, 0.15) is 12.0 Å². The maximum Gasteiger partial charge on any atom is 0.231 e. The van der Waals surface area contributed by atoms with Gasteiger partial charge < -0.3 is 14.8 Å². The Labute approximate surface area is 125 Å². The highest BCUT2D eigenvalue weighted by Crippen LogP contribution is 2.36. The Balaban J connectivity index is 1.46. The van der Waals surface area contributed by atoms with E-state index in [1.165, 1.54) is 0 Å². The molecule has 1 N–H and O–H groups in total. The van der Waals surface area contributed by atoms with Crippen LogP contribution < -0.4 is 14.8 Å². The van der Waals surface area contributed by atoms with Gasteiger partial charge in [-0.05, 0) is 30.7 Å². The van der Waals surface area contributed by atoms with Crippen molar-refractivity contribution < 1.29 is 9.47 Å². The number of aromatic nitrogens is 3. The van der Waals surface area contributed by atoms with E-state index in [0.29, 0.717) is 6.79 Å². The van der Waals surface area contributed by atoms with E-state index >= 15 is 0 Å². The van der Waals surface area contributed by atoms with Crippen molar-refractivity contribution in [1.29, 1.82) is 0 Å². The molecule has 0 aliphatic carbocycles. The summed E-state index contributed by atoms with van der Waals surface area (Å²) in [7, 11) is 0. The Bertz CT molecular complexity index is 574. The number of ether oxygens (including phenoxy) is 2. The molecular formula is C13H15BrN4O2. The lowest BCUT2D eigenvalue weighted by molar-refractivity contribution is 0.174. The largest absolute Gasteiger partial charge is 0.454 e. The molecule has 0 saturated carbocycles. The lowest BCUT2D eigenvalue weighted by Gasteiger charge is -2.08. The number of hydrogen-bond acceptors (Lipinski definition) is 5. The van der Waals surface area contributed by atoms with E-state index in [9.17, 15) is 0 Å². The molecule has 1 aromatic carbocycles. The van der Waals surface area contributed by atoms with Crippen LogP contribution in [0.25, 0.3) is 0 Å². The van der Waals surface area contributed by atoms with E-state index in [2.05, 4.69) is 31.6 Å². The van der Waals surface area contributed by atoms with Gasteiger partial charge >= 0.3 is 0 Å². The third kappa shape index (κ3) is 3.10. The van der Waals surface area contributed by atoms with Crippen LogP contribution in [0, 0.1) is 0 Å². The highest BCUT2D eigenvalue weighted by molar-refractivity contribution is 9.10. The van der Waals surface area contributed by atoms with Crippen molar-refractivity contribution in [1.82, 2.24) is 20.3 Å². The monoisotopic (exact) mass is 338 g/mol. The maximum atomic E-state index is 5.38. The predicted octanol–water partition coefficient (Wildman–Crippen LogP) is 1.95. The van der Waals surface area contributed by atoms with Crippen LogP contribution in [0.2, 0.25) is 0 Å². The molecule has 1 aromatic heterocycles. The highest BCUT2D eigenvalue weighted by atomic mass is 79.9. The fourth-order valence-electron chi connectivity index (χ4n) is 2.04. The summed E-state index contributed by atoms with van der Waals surface area (Å²) in [6.07, 6.45) is 4.57. The molecule has 0 bridgehead atoms. The zero-order valence-corrected chi connectivity index (χ0v) is 12.5. The number of hydrogen-bond donors (Lipinski definition) is 1. The van der Waals surface area contributed by atoms with E-state index in [0.717, 1.165) is 47.6 Å². The molecule has 0 atom stereocenters. The molecule has 1 aliphatic heterocycles. The van der Waals surface area contributed by atoms with Crippen LogP contribution >= 0.6 is 15.9 Å². The molecule has 2 heterocycles. The molecule has 3 rings (SSSR count). The van der Waals surface area contributed by atoms with Gasteiger partial charge in [-0.15, -0.1) is 5.10 Å². The summed E-state index contributed by atoms with van der Waals surface area (Å²) in [6.45, 7) is 2.88. The molecule has 0 amide bonds. The number of rotatable bonds is 6. The number of nitrogens with one attached hydrogen (secondary N) is 1. The van der Waals surface area contributed by atoms with Crippen molar-refractivity contribution in [3.05, 3.63) is 34.6 Å². The molecule has 106 valence electrons. The lowest BCUT2D eigenvalue weighted by atomic mass is 10.2. The Kier molecular flexibility index (Phi) is 4.17.